The molecule has 0 radical (unpaired) electrons. The largest absolute Gasteiger partial charge is 0.356 e. The van der Waals surface area contributed by atoms with Gasteiger partial charge in [0, 0.05) is 24.7 Å². The number of carbonyl (C=O) groups is 1. The van der Waals surface area contributed by atoms with Gasteiger partial charge in [-0.15, -0.1) is 0 Å². The normalized spacial score (nSPS) is 14.2. The van der Waals surface area contributed by atoms with Crippen LogP contribution in [0.15, 0.2) is 60.7 Å². The molecule has 4 rings (SSSR count). The molecule has 9 heteroatoms. The highest BCUT2D eigenvalue weighted by molar-refractivity contribution is 5.86. The van der Waals surface area contributed by atoms with Crippen molar-refractivity contribution in [2.24, 2.45) is 17.6 Å². The molecule has 160 valence electrons. The minimum atomic E-state index is -0.124. The summed E-state index contributed by atoms with van der Waals surface area (Å²) in [5, 5.41) is 3.25. The topological polar surface area (TPSA) is 134 Å². The Morgan fingerprint density at radius 2 is 1.58 bits per heavy atom. The number of benzene rings is 2. The number of nitrogens with one attached hydrogen (secondary N) is 3. The van der Waals surface area contributed by atoms with Gasteiger partial charge in [0.25, 0.3) is 0 Å². The number of carbonyl (C=O) groups excluding carboxylic acids is 1. The van der Waals surface area contributed by atoms with E-state index >= 15 is 0 Å². The quantitative estimate of drug-likeness (QED) is 0.234. The molecular weight excluding hydrogens is 392 g/mol. The highest BCUT2D eigenvalue weighted by Crippen LogP contribution is 2.37. The minimum absolute atomic E-state index is 0.0997. The van der Waals surface area contributed by atoms with Crippen molar-refractivity contribution >= 4 is 29.2 Å². The average Bonchev–Trinajstić information content (AvgIpc) is 2.84. The molecule has 2 aromatic carbocycles. The second kappa shape index (κ2) is 9.41. The number of piperidine rings is 1. The number of para-hydroxylation sites is 1. The number of hydrogen-bond donors (Lipinski definition) is 5. The maximum absolute atomic E-state index is 11.9. The van der Waals surface area contributed by atoms with Gasteiger partial charge in [0.05, 0.1) is 5.56 Å². The zero-order valence-electron chi connectivity index (χ0n) is 17.1. The first kappa shape index (κ1) is 20.6. The van der Waals surface area contributed by atoms with E-state index in [0.29, 0.717) is 37.7 Å². The Bertz CT molecular complexity index is 1020. The fourth-order valence-electron chi connectivity index (χ4n) is 3.83. The fourth-order valence-corrected chi connectivity index (χ4v) is 3.83. The Hall–Kier alpha value is -3.69. The molecule has 1 aliphatic heterocycles. The average molecular weight is 419 g/mol. The lowest BCUT2D eigenvalue weighted by atomic mass is 9.95. The summed E-state index contributed by atoms with van der Waals surface area (Å²) in [5.41, 5.74) is 7.66. The third-order valence-electron chi connectivity index (χ3n) is 5.43. The van der Waals surface area contributed by atoms with Gasteiger partial charge < -0.3 is 15.6 Å². The first-order valence-corrected chi connectivity index (χ1v) is 10.2. The van der Waals surface area contributed by atoms with E-state index in [1.54, 1.807) is 0 Å². The molecule has 1 fully saturated rings. The number of aromatic nitrogens is 2. The SMILES string of the molecule is NNC(=O)C1CCN(c2nc(Nc3ccccc3)nc(NN)c2-c2ccccc2)CC1. The van der Waals surface area contributed by atoms with Crippen molar-refractivity contribution in [3.63, 3.8) is 0 Å². The third kappa shape index (κ3) is 4.57. The van der Waals surface area contributed by atoms with Crippen LogP contribution in [0, 0.1) is 5.92 Å². The molecule has 1 aliphatic rings. The Morgan fingerprint density at radius 3 is 2.19 bits per heavy atom. The molecular formula is C22H26N8O. The molecule has 31 heavy (non-hydrogen) atoms. The summed E-state index contributed by atoms with van der Waals surface area (Å²) in [5.74, 6) is 12.7. The monoisotopic (exact) mass is 418 g/mol. The van der Waals surface area contributed by atoms with Crippen LogP contribution in [0.1, 0.15) is 12.8 Å². The van der Waals surface area contributed by atoms with Gasteiger partial charge in [-0.2, -0.15) is 9.97 Å². The van der Waals surface area contributed by atoms with E-state index in [2.05, 4.69) is 26.1 Å². The van der Waals surface area contributed by atoms with E-state index in [-0.39, 0.29) is 11.8 Å². The van der Waals surface area contributed by atoms with Crippen molar-refractivity contribution in [1.29, 1.82) is 0 Å². The van der Waals surface area contributed by atoms with Crippen LogP contribution in [-0.4, -0.2) is 29.0 Å². The van der Waals surface area contributed by atoms with Crippen molar-refractivity contribution in [3.8, 4) is 11.1 Å². The van der Waals surface area contributed by atoms with Crippen LogP contribution in [0.3, 0.4) is 0 Å². The molecule has 1 aromatic heterocycles. The van der Waals surface area contributed by atoms with Gasteiger partial charge in [0.2, 0.25) is 11.9 Å². The van der Waals surface area contributed by atoms with Crippen molar-refractivity contribution in [2.45, 2.75) is 12.8 Å². The van der Waals surface area contributed by atoms with Crippen molar-refractivity contribution < 1.29 is 4.79 Å². The summed E-state index contributed by atoms with van der Waals surface area (Å²) in [4.78, 5) is 23.6. The summed E-state index contributed by atoms with van der Waals surface area (Å²) >= 11 is 0. The van der Waals surface area contributed by atoms with Crippen LogP contribution in [0.2, 0.25) is 0 Å². The number of rotatable bonds is 6. The Kier molecular flexibility index (Phi) is 6.25. The van der Waals surface area contributed by atoms with E-state index in [1.165, 1.54) is 0 Å². The van der Waals surface area contributed by atoms with E-state index < -0.39 is 0 Å². The lowest BCUT2D eigenvalue weighted by molar-refractivity contribution is -0.125. The summed E-state index contributed by atoms with van der Waals surface area (Å²) in [7, 11) is 0. The number of hydrazine groups is 2. The Balaban J connectivity index is 1.73. The van der Waals surface area contributed by atoms with Crippen LogP contribution in [0.5, 0.6) is 0 Å². The highest BCUT2D eigenvalue weighted by Gasteiger charge is 2.28. The van der Waals surface area contributed by atoms with Crippen LogP contribution < -0.4 is 32.8 Å². The number of hydrogen-bond acceptors (Lipinski definition) is 8. The highest BCUT2D eigenvalue weighted by atomic mass is 16.2. The van der Waals surface area contributed by atoms with Gasteiger partial charge in [0.1, 0.15) is 5.82 Å². The van der Waals surface area contributed by atoms with Gasteiger partial charge in [0.15, 0.2) is 5.82 Å². The second-order valence-corrected chi connectivity index (χ2v) is 7.37. The maximum atomic E-state index is 11.9. The Morgan fingerprint density at radius 1 is 0.935 bits per heavy atom. The Labute approximate surface area is 180 Å². The lowest BCUT2D eigenvalue weighted by Gasteiger charge is -2.33. The second-order valence-electron chi connectivity index (χ2n) is 7.37. The summed E-state index contributed by atoms with van der Waals surface area (Å²) < 4.78 is 0. The van der Waals surface area contributed by atoms with E-state index in [0.717, 1.165) is 22.6 Å². The first-order valence-electron chi connectivity index (χ1n) is 10.2. The molecule has 3 aromatic rings. The standard InChI is InChI=1S/C22H26N8O/c23-28-19-18(15-7-3-1-4-8-15)20(30-13-11-16(12-14-30)21(31)29-24)27-22(26-19)25-17-9-5-2-6-10-17/h1-10,16H,11-14,23-24H2,(H,29,31)(H2,25,26,27,28). The zero-order chi connectivity index (χ0) is 21.6. The number of amides is 1. The lowest BCUT2D eigenvalue weighted by Crippen LogP contribution is -2.43. The van der Waals surface area contributed by atoms with Crippen LogP contribution in [0.25, 0.3) is 11.1 Å². The number of anilines is 4. The van der Waals surface area contributed by atoms with Crippen molar-refractivity contribution in [1.82, 2.24) is 15.4 Å². The molecule has 2 heterocycles. The minimum Gasteiger partial charge on any atom is -0.356 e. The first-order chi connectivity index (χ1) is 15.2. The van der Waals surface area contributed by atoms with E-state index in [9.17, 15) is 4.79 Å². The van der Waals surface area contributed by atoms with Gasteiger partial charge in [-0.3, -0.25) is 10.2 Å². The van der Waals surface area contributed by atoms with Gasteiger partial charge in [-0.25, -0.2) is 11.7 Å². The number of nitrogen functional groups attached to an aromatic ring is 1. The molecule has 0 atom stereocenters. The third-order valence-corrected chi connectivity index (χ3v) is 5.43. The molecule has 1 saturated heterocycles. The van der Waals surface area contributed by atoms with Crippen LogP contribution >= 0.6 is 0 Å². The molecule has 9 nitrogen and oxygen atoms in total. The fraction of sp³-hybridized carbons (Fsp3) is 0.227. The molecule has 0 unspecified atom stereocenters. The number of nitrogens with zero attached hydrogens (tertiary/aromatic N) is 3. The van der Waals surface area contributed by atoms with Gasteiger partial charge >= 0.3 is 0 Å². The molecule has 1 amide bonds. The number of nitrogens with two attached hydrogens (primary N) is 2. The van der Waals surface area contributed by atoms with E-state index in [1.807, 2.05) is 60.7 Å². The van der Waals surface area contributed by atoms with Crippen LogP contribution in [-0.2, 0) is 4.79 Å². The molecule has 7 N–H and O–H groups in total. The summed E-state index contributed by atoms with van der Waals surface area (Å²) in [6, 6.07) is 19.6. The smallest absolute Gasteiger partial charge is 0.237 e. The zero-order valence-corrected chi connectivity index (χ0v) is 17.1. The van der Waals surface area contributed by atoms with Crippen molar-refractivity contribution in [2.75, 3.05) is 28.7 Å². The predicted octanol–water partition coefficient (Wildman–Crippen LogP) is 2.38. The predicted molar refractivity (Wildman–Crippen MR) is 122 cm³/mol. The van der Waals surface area contributed by atoms with Crippen molar-refractivity contribution in [3.05, 3.63) is 60.7 Å². The summed E-state index contributed by atoms with van der Waals surface area (Å²) in [6.07, 6.45) is 1.38. The molecule has 0 aliphatic carbocycles. The summed E-state index contributed by atoms with van der Waals surface area (Å²) in [6.45, 7) is 1.34. The maximum Gasteiger partial charge on any atom is 0.237 e. The van der Waals surface area contributed by atoms with E-state index in [4.69, 9.17) is 16.7 Å². The van der Waals surface area contributed by atoms with Gasteiger partial charge in [-0.05, 0) is 30.5 Å². The van der Waals surface area contributed by atoms with Gasteiger partial charge in [-0.1, -0.05) is 48.5 Å². The molecule has 0 spiro atoms. The molecule has 0 bridgehead atoms. The molecule has 0 saturated carbocycles. The van der Waals surface area contributed by atoms with Crippen LogP contribution in [0.4, 0.5) is 23.3 Å².